The summed E-state index contributed by atoms with van der Waals surface area (Å²) in [5, 5.41) is 12.9. The summed E-state index contributed by atoms with van der Waals surface area (Å²) < 4.78 is 0. The van der Waals surface area contributed by atoms with E-state index in [0.717, 1.165) is 12.8 Å². The maximum absolute atomic E-state index is 9.28. The molecule has 92 valence electrons. The van der Waals surface area contributed by atoms with Gasteiger partial charge in [0, 0.05) is 12.1 Å². The van der Waals surface area contributed by atoms with E-state index in [9.17, 15) is 5.11 Å². The predicted molar refractivity (Wildman–Crippen MR) is 67.1 cm³/mol. The molecule has 2 N–H and O–H groups in total. The molecule has 0 amide bonds. The lowest BCUT2D eigenvalue weighted by atomic mass is 10.0. The molecule has 0 aliphatic heterocycles. The van der Waals surface area contributed by atoms with Crippen molar-refractivity contribution >= 4 is 0 Å². The molecule has 0 spiro atoms. The van der Waals surface area contributed by atoms with Gasteiger partial charge in [0.05, 0.1) is 6.61 Å². The predicted octanol–water partition coefficient (Wildman–Crippen LogP) is 2.95. The van der Waals surface area contributed by atoms with Crippen molar-refractivity contribution in [3.05, 3.63) is 0 Å². The van der Waals surface area contributed by atoms with Crippen LogP contribution in [-0.4, -0.2) is 23.8 Å². The summed E-state index contributed by atoms with van der Waals surface area (Å²) >= 11 is 0. The van der Waals surface area contributed by atoms with Crippen LogP contribution in [0.2, 0.25) is 0 Å². The van der Waals surface area contributed by atoms with Gasteiger partial charge in [-0.15, -0.1) is 0 Å². The number of unbranched alkanes of at least 4 members (excludes halogenated alkanes) is 1. The molecule has 0 aliphatic rings. The van der Waals surface area contributed by atoms with E-state index in [-0.39, 0.29) is 12.6 Å². The third kappa shape index (κ3) is 7.80. The fourth-order valence-electron chi connectivity index (χ4n) is 1.95. The zero-order valence-electron chi connectivity index (χ0n) is 10.9. The minimum atomic E-state index is 0.265. The quantitative estimate of drug-likeness (QED) is 0.620. The minimum Gasteiger partial charge on any atom is -0.395 e. The molecule has 0 saturated carbocycles. The highest BCUT2D eigenvalue weighted by Crippen LogP contribution is 2.09. The average Bonchev–Trinajstić information content (AvgIpc) is 2.21. The lowest BCUT2D eigenvalue weighted by Gasteiger charge is -2.25. The Bertz CT molecular complexity index is 136. The van der Waals surface area contributed by atoms with Crippen molar-refractivity contribution in [2.45, 2.75) is 71.9 Å². The van der Waals surface area contributed by atoms with Crippen molar-refractivity contribution in [1.82, 2.24) is 5.32 Å². The number of hydrogen-bond donors (Lipinski definition) is 2. The van der Waals surface area contributed by atoms with Gasteiger partial charge in [-0.2, -0.15) is 0 Å². The van der Waals surface area contributed by atoms with Crippen LogP contribution in [0.4, 0.5) is 0 Å². The lowest BCUT2D eigenvalue weighted by molar-refractivity contribution is 0.208. The molecule has 0 bridgehead atoms. The molecule has 2 nitrogen and oxygen atoms in total. The van der Waals surface area contributed by atoms with E-state index in [2.05, 4.69) is 33.0 Å². The van der Waals surface area contributed by atoms with Gasteiger partial charge in [0.25, 0.3) is 0 Å². The van der Waals surface area contributed by atoms with Crippen LogP contribution in [0.1, 0.15) is 59.8 Å². The maximum atomic E-state index is 9.28. The molecule has 0 fully saturated rings. The van der Waals surface area contributed by atoms with Gasteiger partial charge in [-0.25, -0.2) is 0 Å². The van der Waals surface area contributed by atoms with Gasteiger partial charge in [-0.3, -0.25) is 0 Å². The first-order chi connectivity index (χ1) is 7.13. The van der Waals surface area contributed by atoms with E-state index in [1.165, 1.54) is 19.3 Å². The molecule has 15 heavy (non-hydrogen) atoms. The van der Waals surface area contributed by atoms with Crippen LogP contribution in [0.3, 0.4) is 0 Å². The highest BCUT2D eigenvalue weighted by Gasteiger charge is 2.14. The Morgan fingerprint density at radius 1 is 1.13 bits per heavy atom. The Morgan fingerprint density at radius 2 is 1.80 bits per heavy atom. The monoisotopic (exact) mass is 215 g/mol. The fourth-order valence-corrected chi connectivity index (χ4v) is 1.95. The van der Waals surface area contributed by atoms with Crippen molar-refractivity contribution in [2.24, 2.45) is 5.92 Å². The summed E-state index contributed by atoms with van der Waals surface area (Å²) in [6.45, 7) is 9.12. The number of aliphatic hydroxyl groups excluding tert-OH is 1. The van der Waals surface area contributed by atoms with Gasteiger partial charge in [-0.1, -0.05) is 40.5 Å². The first-order valence-corrected chi connectivity index (χ1v) is 6.50. The molecular weight excluding hydrogens is 186 g/mol. The Hall–Kier alpha value is -0.0800. The van der Waals surface area contributed by atoms with E-state index in [4.69, 9.17) is 0 Å². The Labute approximate surface area is 95.5 Å². The Morgan fingerprint density at radius 3 is 2.20 bits per heavy atom. The first-order valence-electron chi connectivity index (χ1n) is 6.50. The van der Waals surface area contributed by atoms with Crippen LogP contribution < -0.4 is 5.32 Å². The van der Waals surface area contributed by atoms with Crippen molar-refractivity contribution in [2.75, 3.05) is 6.61 Å². The largest absolute Gasteiger partial charge is 0.395 e. The number of hydrogen-bond acceptors (Lipinski definition) is 2. The van der Waals surface area contributed by atoms with Gasteiger partial charge in [0.15, 0.2) is 0 Å². The molecule has 0 aromatic heterocycles. The standard InChI is InChI=1S/C13H29NO/c1-5-7-8-12(6-2)14-13(10-15)9-11(3)4/h11-15H,5-10H2,1-4H3/t12-,13+/m1/s1. The number of rotatable bonds is 9. The van der Waals surface area contributed by atoms with Crippen LogP contribution in [0, 0.1) is 5.92 Å². The molecule has 0 aliphatic carbocycles. The van der Waals surface area contributed by atoms with Gasteiger partial charge in [0.1, 0.15) is 0 Å². The molecule has 0 aromatic rings. The van der Waals surface area contributed by atoms with E-state index in [0.29, 0.717) is 12.0 Å². The summed E-state index contributed by atoms with van der Waals surface area (Å²) in [7, 11) is 0. The second-order valence-corrected chi connectivity index (χ2v) is 4.92. The molecule has 0 aromatic carbocycles. The van der Waals surface area contributed by atoms with Crippen molar-refractivity contribution < 1.29 is 5.11 Å². The van der Waals surface area contributed by atoms with Crippen LogP contribution in [0.5, 0.6) is 0 Å². The van der Waals surface area contributed by atoms with Crippen LogP contribution in [0.25, 0.3) is 0 Å². The Kier molecular flexibility index (Phi) is 9.12. The third-order valence-electron chi connectivity index (χ3n) is 2.85. The topological polar surface area (TPSA) is 32.3 Å². The number of nitrogens with one attached hydrogen (secondary N) is 1. The van der Waals surface area contributed by atoms with Crippen molar-refractivity contribution in [3.8, 4) is 0 Å². The fraction of sp³-hybridized carbons (Fsp3) is 1.00. The van der Waals surface area contributed by atoms with E-state index < -0.39 is 0 Å². The SMILES string of the molecule is CCCC[C@@H](CC)N[C@H](CO)CC(C)C. The second kappa shape index (κ2) is 9.17. The van der Waals surface area contributed by atoms with E-state index in [1.54, 1.807) is 0 Å². The summed E-state index contributed by atoms with van der Waals surface area (Å²) in [4.78, 5) is 0. The van der Waals surface area contributed by atoms with E-state index in [1.807, 2.05) is 0 Å². The van der Waals surface area contributed by atoms with Gasteiger partial charge in [0.2, 0.25) is 0 Å². The van der Waals surface area contributed by atoms with Crippen molar-refractivity contribution in [1.29, 1.82) is 0 Å². The molecule has 0 unspecified atom stereocenters. The van der Waals surface area contributed by atoms with Crippen LogP contribution in [-0.2, 0) is 0 Å². The minimum absolute atomic E-state index is 0.265. The first kappa shape index (κ1) is 14.9. The zero-order chi connectivity index (χ0) is 11.7. The van der Waals surface area contributed by atoms with Gasteiger partial charge >= 0.3 is 0 Å². The summed E-state index contributed by atoms with van der Waals surface area (Å²) in [6.07, 6.45) is 6.01. The normalized spacial score (nSPS) is 15.6. The molecule has 0 saturated heterocycles. The molecule has 0 heterocycles. The highest BCUT2D eigenvalue weighted by molar-refractivity contribution is 4.74. The molecule has 0 radical (unpaired) electrons. The summed E-state index contributed by atoms with van der Waals surface area (Å²) in [6, 6.07) is 0.868. The van der Waals surface area contributed by atoms with E-state index >= 15 is 0 Å². The molecule has 2 atom stereocenters. The average molecular weight is 215 g/mol. The Balaban J connectivity index is 3.88. The third-order valence-corrected chi connectivity index (χ3v) is 2.85. The van der Waals surface area contributed by atoms with Crippen LogP contribution >= 0.6 is 0 Å². The summed E-state index contributed by atoms with van der Waals surface area (Å²) in [5.41, 5.74) is 0. The summed E-state index contributed by atoms with van der Waals surface area (Å²) in [5.74, 6) is 0.651. The molecular formula is C13H29NO. The number of aliphatic hydroxyl groups is 1. The lowest BCUT2D eigenvalue weighted by Crippen LogP contribution is -2.41. The smallest absolute Gasteiger partial charge is 0.0584 e. The zero-order valence-corrected chi connectivity index (χ0v) is 10.9. The molecule has 2 heteroatoms. The van der Waals surface area contributed by atoms with Gasteiger partial charge in [-0.05, 0) is 25.2 Å². The maximum Gasteiger partial charge on any atom is 0.0584 e. The second-order valence-electron chi connectivity index (χ2n) is 4.92. The molecule has 0 rings (SSSR count). The van der Waals surface area contributed by atoms with Gasteiger partial charge < -0.3 is 10.4 Å². The van der Waals surface area contributed by atoms with Crippen LogP contribution in [0.15, 0.2) is 0 Å². The van der Waals surface area contributed by atoms with Crippen molar-refractivity contribution in [3.63, 3.8) is 0 Å². The highest BCUT2D eigenvalue weighted by atomic mass is 16.3.